The van der Waals surface area contributed by atoms with Crippen molar-refractivity contribution in [1.29, 1.82) is 0 Å². The first-order valence-electron chi connectivity index (χ1n) is 22.9. The van der Waals surface area contributed by atoms with Crippen molar-refractivity contribution < 1.29 is 33.8 Å². The lowest BCUT2D eigenvalue weighted by atomic mass is 9.85. The third kappa shape index (κ3) is 13.9. The molecule has 0 spiro atoms. The van der Waals surface area contributed by atoms with Gasteiger partial charge in [0.05, 0.1) is 28.7 Å². The molecule has 0 radical (unpaired) electrons. The third-order valence-electron chi connectivity index (χ3n) is 11.6. The monoisotopic (exact) mass is 926 g/mol. The van der Waals surface area contributed by atoms with Gasteiger partial charge in [-0.1, -0.05) is 125 Å². The van der Waals surface area contributed by atoms with Crippen molar-refractivity contribution in [2.75, 3.05) is 26.2 Å². The quantitative estimate of drug-likeness (QED) is 0.0406. The standard InChI is InChI=1S/C53H62N6O7S/c1-6-43(37-13-9-7-10-14-37)48(38-15-11-8-12-16-38)39-21-23-42(24-22-39)66-30-29-55-46(62)27-28-54-45(61)25-26-47(63)58-50(53(3,4)5)52(65)59-33-41(60)31-44(59)51(64)56-32-36-17-19-40(20-18-36)49-35(2)57-34-67-49/h7-24,34,41,44,50,60H,6,25-33H2,1-5H3,(H,54,61)(H,55,62)(H,56,64)(H,58,63)/b48-43-/t41-,44+,50-/m1/s1. The molecule has 0 saturated carbocycles. The van der Waals surface area contributed by atoms with Gasteiger partial charge in [0.25, 0.3) is 0 Å². The molecule has 1 saturated heterocycles. The number of rotatable bonds is 20. The molecule has 0 unspecified atom stereocenters. The minimum atomic E-state index is -1.03. The Morgan fingerprint density at radius 1 is 0.776 bits per heavy atom. The molecule has 1 aromatic heterocycles. The van der Waals surface area contributed by atoms with E-state index in [1.165, 1.54) is 21.6 Å². The maximum Gasteiger partial charge on any atom is 0.246 e. The lowest BCUT2D eigenvalue weighted by Crippen LogP contribution is -2.57. The molecule has 4 aromatic carbocycles. The minimum Gasteiger partial charge on any atom is -0.492 e. The van der Waals surface area contributed by atoms with E-state index in [1.54, 1.807) is 37.6 Å². The smallest absolute Gasteiger partial charge is 0.246 e. The number of benzene rings is 4. The second-order valence-corrected chi connectivity index (χ2v) is 18.6. The molecule has 5 amide bonds. The number of nitrogens with zero attached hydrogens (tertiary/aromatic N) is 2. The normalized spacial score (nSPS) is 15.5. The number of nitrogens with one attached hydrogen (secondary N) is 4. The molecular weight excluding hydrogens is 865 g/mol. The van der Waals surface area contributed by atoms with Gasteiger partial charge in [-0.15, -0.1) is 11.3 Å². The summed E-state index contributed by atoms with van der Waals surface area (Å²) in [4.78, 5) is 72.5. The van der Waals surface area contributed by atoms with Crippen molar-refractivity contribution in [3.8, 4) is 16.2 Å². The van der Waals surface area contributed by atoms with Gasteiger partial charge < -0.3 is 36.0 Å². The number of aryl methyl sites for hydroxylation is 1. The Hall–Kier alpha value is -6.64. The number of ether oxygens (including phenoxy) is 1. The van der Waals surface area contributed by atoms with E-state index in [4.69, 9.17) is 4.74 Å². The Morgan fingerprint density at radius 2 is 1.39 bits per heavy atom. The average molecular weight is 927 g/mol. The highest BCUT2D eigenvalue weighted by Crippen LogP contribution is 2.35. The second kappa shape index (κ2) is 23.7. The minimum absolute atomic E-state index is 0.0406. The number of aliphatic hydroxyl groups is 1. The largest absolute Gasteiger partial charge is 0.492 e. The molecule has 352 valence electrons. The summed E-state index contributed by atoms with van der Waals surface area (Å²) in [6.45, 7) is 10.3. The fourth-order valence-electron chi connectivity index (χ4n) is 8.09. The number of allylic oxidation sites excluding steroid dienone is 1. The van der Waals surface area contributed by atoms with Crippen LogP contribution < -0.4 is 26.0 Å². The number of carbonyl (C=O) groups is 5. The first-order valence-corrected chi connectivity index (χ1v) is 23.8. The van der Waals surface area contributed by atoms with Crippen molar-refractivity contribution in [2.45, 2.75) is 91.5 Å². The Kier molecular flexibility index (Phi) is 17.6. The number of hydrogen-bond acceptors (Lipinski definition) is 9. The topological polar surface area (TPSA) is 179 Å². The molecule has 3 atom stereocenters. The van der Waals surface area contributed by atoms with Crippen LogP contribution in [0.4, 0.5) is 0 Å². The number of hydrogen-bond donors (Lipinski definition) is 5. The highest BCUT2D eigenvalue weighted by Gasteiger charge is 2.44. The van der Waals surface area contributed by atoms with Crippen molar-refractivity contribution >= 4 is 52.0 Å². The highest BCUT2D eigenvalue weighted by atomic mass is 32.1. The van der Waals surface area contributed by atoms with Gasteiger partial charge >= 0.3 is 0 Å². The molecule has 1 aliphatic rings. The highest BCUT2D eigenvalue weighted by molar-refractivity contribution is 7.13. The van der Waals surface area contributed by atoms with Crippen LogP contribution in [0.3, 0.4) is 0 Å². The molecule has 14 heteroatoms. The average Bonchev–Trinajstić information content (AvgIpc) is 3.95. The third-order valence-corrected chi connectivity index (χ3v) is 12.6. The van der Waals surface area contributed by atoms with Gasteiger partial charge in [0.15, 0.2) is 0 Å². The summed E-state index contributed by atoms with van der Waals surface area (Å²) in [5.41, 5.74) is 9.72. The van der Waals surface area contributed by atoms with Crippen LogP contribution in [0.15, 0.2) is 115 Å². The van der Waals surface area contributed by atoms with E-state index >= 15 is 0 Å². The number of aromatic nitrogens is 1. The van der Waals surface area contributed by atoms with E-state index in [0.717, 1.165) is 39.2 Å². The Labute approximate surface area is 397 Å². The molecule has 67 heavy (non-hydrogen) atoms. The summed E-state index contributed by atoms with van der Waals surface area (Å²) >= 11 is 1.56. The summed E-state index contributed by atoms with van der Waals surface area (Å²) in [6, 6.07) is 34.6. The van der Waals surface area contributed by atoms with Crippen LogP contribution in [-0.2, 0) is 30.5 Å². The van der Waals surface area contributed by atoms with Crippen LogP contribution in [0.1, 0.15) is 87.7 Å². The number of thiazole rings is 1. The molecule has 5 aromatic rings. The zero-order valence-electron chi connectivity index (χ0n) is 39.0. The van der Waals surface area contributed by atoms with E-state index < -0.39 is 47.2 Å². The number of carbonyl (C=O) groups excluding carboxylic acids is 5. The van der Waals surface area contributed by atoms with Gasteiger partial charge in [-0.25, -0.2) is 4.98 Å². The van der Waals surface area contributed by atoms with Crippen molar-refractivity contribution in [3.05, 3.63) is 143 Å². The van der Waals surface area contributed by atoms with Crippen LogP contribution in [0.2, 0.25) is 0 Å². The van der Waals surface area contributed by atoms with Crippen LogP contribution >= 0.6 is 11.3 Å². The molecule has 5 N–H and O–H groups in total. The predicted octanol–water partition coefficient (Wildman–Crippen LogP) is 7.08. The van der Waals surface area contributed by atoms with E-state index in [0.29, 0.717) is 5.75 Å². The zero-order valence-corrected chi connectivity index (χ0v) is 39.8. The summed E-state index contributed by atoms with van der Waals surface area (Å²) in [5, 5.41) is 21.7. The van der Waals surface area contributed by atoms with E-state index in [-0.39, 0.29) is 64.4 Å². The lowest BCUT2D eigenvalue weighted by molar-refractivity contribution is -0.144. The van der Waals surface area contributed by atoms with Crippen molar-refractivity contribution in [3.63, 3.8) is 0 Å². The Balaban J connectivity index is 0.903. The van der Waals surface area contributed by atoms with Crippen LogP contribution in [0.25, 0.3) is 21.6 Å². The summed E-state index contributed by atoms with van der Waals surface area (Å²) in [5.74, 6) is -1.40. The molecule has 6 rings (SSSR count). The molecular formula is C53H62N6O7S. The first kappa shape index (κ1) is 49.8. The summed E-state index contributed by atoms with van der Waals surface area (Å²) in [6.07, 6.45) is -0.285. The first-order chi connectivity index (χ1) is 32.2. The van der Waals surface area contributed by atoms with Crippen molar-refractivity contribution in [1.82, 2.24) is 31.2 Å². The zero-order chi connectivity index (χ0) is 47.9. The number of aliphatic hydroxyl groups excluding tert-OH is 1. The van der Waals surface area contributed by atoms with Gasteiger partial charge in [-0.05, 0) is 69.9 Å². The van der Waals surface area contributed by atoms with Crippen LogP contribution in [-0.4, -0.2) is 89.0 Å². The van der Waals surface area contributed by atoms with Gasteiger partial charge in [0, 0.05) is 45.3 Å². The molecule has 0 bridgehead atoms. The molecule has 1 fully saturated rings. The van der Waals surface area contributed by atoms with Gasteiger partial charge in [0.1, 0.15) is 24.4 Å². The summed E-state index contributed by atoms with van der Waals surface area (Å²) < 4.78 is 5.93. The van der Waals surface area contributed by atoms with E-state index in [9.17, 15) is 29.1 Å². The predicted molar refractivity (Wildman–Crippen MR) is 263 cm³/mol. The molecule has 0 aliphatic carbocycles. The van der Waals surface area contributed by atoms with Crippen LogP contribution in [0.5, 0.6) is 5.75 Å². The molecule has 1 aliphatic heterocycles. The second-order valence-electron chi connectivity index (χ2n) is 17.7. The fraction of sp³-hybridized carbons (Fsp3) is 0.358. The SMILES string of the molecule is CC/C(=C(\c1ccccc1)c1ccc(OCCNC(=O)CCNC(=O)CCC(=O)N[C@H](C(=O)N2C[C@H](O)C[C@H]2C(=O)NCc2ccc(-c3scnc3C)cc2)C(C)(C)C)cc1)c1ccccc1. The lowest BCUT2D eigenvalue weighted by Gasteiger charge is -2.35. The summed E-state index contributed by atoms with van der Waals surface area (Å²) in [7, 11) is 0. The Morgan fingerprint density at radius 3 is 2.01 bits per heavy atom. The Bertz CT molecular complexity index is 2480. The van der Waals surface area contributed by atoms with Crippen LogP contribution in [0, 0.1) is 12.3 Å². The maximum absolute atomic E-state index is 14.0. The van der Waals surface area contributed by atoms with Gasteiger partial charge in [-0.3, -0.25) is 24.0 Å². The van der Waals surface area contributed by atoms with E-state index in [2.05, 4.69) is 81.7 Å². The maximum atomic E-state index is 14.0. The van der Waals surface area contributed by atoms with Gasteiger partial charge in [-0.2, -0.15) is 0 Å². The van der Waals surface area contributed by atoms with Gasteiger partial charge in [0.2, 0.25) is 29.5 Å². The molecule has 13 nitrogen and oxygen atoms in total. The molecule has 2 heterocycles. The number of amides is 5. The number of likely N-dealkylation sites (tertiary alicyclic amines) is 1. The van der Waals surface area contributed by atoms with Crippen molar-refractivity contribution in [2.24, 2.45) is 5.41 Å². The fourth-order valence-corrected chi connectivity index (χ4v) is 8.91. The van der Waals surface area contributed by atoms with E-state index in [1.807, 2.05) is 67.6 Å². The number of β-amino-alcohol motifs (C(OH)–C–C–N with tert-alkyl or cyclic N) is 1.